The molecule has 3 heterocycles. The van der Waals surface area contributed by atoms with Crippen LogP contribution in [0.4, 0.5) is 0 Å². The normalized spacial score (nSPS) is 17.0. The minimum absolute atomic E-state index is 0.108. The topological polar surface area (TPSA) is 87.6 Å². The van der Waals surface area contributed by atoms with E-state index in [1.54, 1.807) is 21.8 Å². The van der Waals surface area contributed by atoms with Gasteiger partial charge in [-0.2, -0.15) is 5.10 Å². The number of aryl methyl sites for hydroxylation is 1. The molecule has 2 aromatic rings. The van der Waals surface area contributed by atoms with Crippen molar-refractivity contribution in [2.24, 2.45) is 0 Å². The lowest BCUT2D eigenvalue weighted by molar-refractivity contribution is 0.0465. The number of aliphatic hydroxyl groups excluding tert-OH is 1. The van der Waals surface area contributed by atoms with E-state index in [0.29, 0.717) is 31.1 Å². The minimum atomic E-state index is -0.108. The molecule has 1 saturated heterocycles. The molecule has 3 rings (SSSR count). The monoisotopic (exact) mass is 347 g/mol. The maximum Gasteiger partial charge on any atom is 0.276 e. The quantitative estimate of drug-likeness (QED) is 0.830. The maximum absolute atomic E-state index is 12.6. The van der Waals surface area contributed by atoms with Crippen molar-refractivity contribution in [2.75, 3.05) is 32.8 Å². The summed E-state index contributed by atoms with van der Waals surface area (Å²) in [5, 5.41) is 17.5. The van der Waals surface area contributed by atoms with Crippen LogP contribution < -0.4 is 0 Å². The average Bonchev–Trinajstić information content (AvgIpc) is 3.25. The molecule has 0 aromatic carbocycles. The Bertz CT molecular complexity index is 699. The van der Waals surface area contributed by atoms with Gasteiger partial charge in [0.05, 0.1) is 12.8 Å². The zero-order valence-corrected chi connectivity index (χ0v) is 14.8. The lowest BCUT2D eigenvalue weighted by Crippen LogP contribution is -2.52. The molecule has 136 valence electrons. The largest absolute Gasteiger partial charge is 0.395 e. The fourth-order valence-electron chi connectivity index (χ4n) is 3.16. The molecule has 0 radical (unpaired) electrons. The summed E-state index contributed by atoms with van der Waals surface area (Å²) < 4.78 is 7.03. The Labute approximate surface area is 147 Å². The SMILES string of the molecule is CCC(CO)N1CCN(C(=O)c2cc(Cn3cc(C)cn3)on2)CC1. The highest BCUT2D eigenvalue weighted by Gasteiger charge is 2.27. The van der Waals surface area contributed by atoms with Crippen molar-refractivity contribution in [3.05, 3.63) is 35.5 Å². The van der Waals surface area contributed by atoms with Crippen LogP contribution in [0.3, 0.4) is 0 Å². The summed E-state index contributed by atoms with van der Waals surface area (Å²) in [6.45, 7) is 7.45. The van der Waals surface area contributed by atoms with Gasteiger partial charge in [0.1, 0.15) is 6.54 Å². The summed E-state index contributed by atoms with van der Waals surface area (Å²) >= 11 is 0. The minimum Gasteiger partial charge on any atom is -0.395 e. The Morgan fingerprint density at radius 1 is 1.36 bits per heavy atom. The number of carbonyl (C=O) groups excluding carboxylic acids is 1. The van der Waals surface area contributed by atoms with Crippen LogP contribution in [0.5, 0.6) is 0 Å². The van der Waals surface area contributed by atoms with Crippen molar-refractivity contribution >= 4 is 5.91 Å². The lowest BCUT2D eigenvalue weighted by atomic mass is 10.1. The standard InChI is InChI=1S/C17H25N5O3/c1-3-14(12-23)20-4-6-21(7-5-20)17(24)16-8-15(25-19-16)11-22-10-13(2)9-18-22/h8-10,14,23H,3-7,11-12H2,1-2H3. The summed E-state index contributed by atoms with van der Waals surface area (Å²) in [4.78, 5) is 16.6. The Balaban J connectivity index is 1.57. The fourth-order valence-corrected chi connectivity index (χ4v) is 3.16. The molecule has 0 bridgehead atoms. The fraction of sp³-hybridized carbons (Fsp3) is 0.588. The van der Waals surface area contributed by atoms with Crippen molar-refractivity contribution in [3.63, 3.8) is 0 Å². The number of aromatic nitrogens is 3. The molecule has 0 saturated carbocycles. The summed E-state index contributed by atoms with van der Waals surface area (Å²) in [5.74, 6) is 0.500. The molecule has 1 fully saturated rings. The van der Waals surface area contributed by atoms with E-state index in [-0.39, 0.29) is 18.6 Å². The lowest BCUT2D eigenvalue weighted by Gasteiger charge is -2.38. The van der Waals surface area contributed by atoms with Crippen LogP contribution in [0.25, 0.3) is 0 Å². The highest BCUT2D eigenvalue weighted by atomic mass is 16.5. The Morgan fingerprint density at radius 2 is 2.12 bits per heavy atom. The molecule has 1 N–H and O–H groups in total. The molecule has 1 atom stereocenters. The van der Waals surface area contributed by atoms with Crippen molar-refractivity contribution < 1.29 is 14.4 Å². The van der Waals surface area contributed by atoms with E-state index in [4.69, 9.17) is 4.52 Å². The van der Waals surface area contributed by atoms with Crippen LogP contribution in [0, 0.1) is 6.92 Å². The van der Waals surface area contributed by atoms with Crippen LogP contribution >= 0.6 is 0 Å². The zero-order chi connectivity index (χ0) is 17.8. The van der Waals surface area contributed by atoms with Crippen LogP contribution in [-0.4, -0.2) is 74.6 Å². The number of nitrogens with zero attached hydrogens (tertiary/aromatic N) is 5. The second kappa shape index (κ2) is 7.79. The Hall–Kier alpha value is -2.19. The second-order valence-corrected chi connectivity index (χ2v) is 6.47. The summed E-state index contributed by atoms with van der Waals surface area (Å²) in [6.07, 6.45) is 4.59. The van der Waals surface area contributed by atoms with Gasteiger partial charge in [-0.25, -0.2) is 0 Å². The predicted octanol–water partition coefficient (Wildman–Crippen LogP) is 0.757. The van der Waals surface area contributed by atoms with E-state index < -0.39 is 0 Å². The molecule has 2 aromatic heterocycles. The highest BCUT2D eigenvalue weighted by molar-refractivity contribution is 5.92. The van der Waals surface area contributed by atoms with Crippen LogP contribution in [0.2, 0.25) is 0 Å². The number of piperazine rings is 1. The van der Waals surface area contributed by atoms with Gasteiger partial charge in [-0.1, -0.05) is 12.1 Å². The van der Waals surface area contributed by atoms with Gasteiger partial charge in [-0.15, -0.1) is 0 Å². The number of hydrogen-bond donors (Lipinski definition) is 1. The third-order valence-electron chi connectivity index (χ3n) is 4.66. The van der Waals surface area contributed by atoms with Gasteiger partial charge in [0.25, 0.3) is 5.91 Å². The van der Waals surface area contributed by atoms with Gasteiger partial charge in [0.2, 0.25) is 0 Å². The van der Waals surface area contributed by atoms with Crippen molar-refractivity contribution in [3.8, 4) is 0 Å². The maximum atomic E-state index is 12.6. The molecule has 1 aliphatic heterocycles. The number of aliphatic hydroxyl groups is 1. The Morgan fingerprint density at radius 3 is 2.72 bits per heavy atom. The molecular weight excluding hydrogens is 322 g/mol. The Kier molecular flexibility index (Phi) is 5.50. The predicted molar refractivity (Wildman–Crippen MR) is 91.2 cm³/mol. The summed E-state index contributed by atoms with van der Waals surface area (Å²) in [5.41, 5.74) is 1.41. The van der Waals surface area contributed by atoms with E-state index in [1.807, 2.05) is 13.1 Å². The third kappa shape index (κ3) is 4.08. The van der Waals surface area contributed by atoms with Crippen LogP contribution in [-0.2, 0) is 6.54 Å². The average molecular weight is 347 g/mol. The van der Waals surface area contributed by atoms with Gasteiger partial charge < -0.3 is 14.5 Å². The molecule has 0 spiro atoms. The third-order valence-corrected chi connectivity index (χ3v) is 4.66. The van der Waals surface area contributed by atoms with Gasteiger partial charge >= 0.3 is 0 Å². The number of hydrogen-bond acceptors (Lipinski definition) is 6. The number of carbonyl (C=O) groups is 1. The molecule has 1 amide bonds. The molecule has 8 nitrogen and oxygen atoms in total. The molecule has 8 heteroatoms. The summed E-state index contributed by atoms with van der Waals surface area (Å²) in [6, 6.07) is 1.86. The molecule has 25 heavy (non-hydrogen) atoms. The number of amides is 1. The number of rotatable bonds is 6. The van der Waals surface area contributed by atoms with E-state index in [2.05, 4.69) is 22.1 Å². The van der Waals surface area contributed by atoms with Gasteiger partial charge in [-0.05, 0) is 18.9 Å². The first-order valence-corrected chi connectivity index (χ1v) is 8.69. The smallest absolute Gasteiger partial charge is 0.276 e. The highest BCUT2D eigenvalue weighted by Crippen LogP contribution is 2.13. The van der Waals surface area contributed by atoms with Gasteiger partial charge in [0.15, 0.2) is 11.5 Å². The molecule has 0 aliphatic carbocycles. The van der Waals surface area contributed by atoms with Gasteiger partial charge in [-0.3, -0.25) is 14.4 Å². The molecular formula is C17H25N5O3. The van der Waals surface area contributed by atoms with Crippen molar-refractivity contribution in [1.29, 1.82) is 0 Å². The van der Waals surface area contributed by atoms with Crippen molar-refractivity contribution in [1.82, 2.24) is 24.7 Å². The van der Waals surface area contributed by atoms with Crippen LogP contribution in [0.1, 0.15) is 35.2 Å². The van der Waals surface area contributed by atoms with E-state index >= 15 is 0 Å². The summed E-state index contributed by atoms with van der Waals surface area (Å²) in [7, 11) is 0. The first kappa shape index (κ1) is 17.6. The first-order chi connectivity index (χ1) is 12.1. The van der Waals surface area contributed by atoms with E-state index in [9.17, 15) is 9.90 Å². The first-order valence-electron chi connectivity index (χ1n) is 8.69. The molecule has 1 aliphatic rings. The zero-order valence-electron chi connectivity index (χ0n) is 14.8. The van der Waals surface area contributed by atoms with E-state index in [1.165, 1.54) is 0 Å². The van der Waals surface area contributed by atoms with E-state index in [0.717, 1.165) is 25.1 Å². The second-order valence-electron chi connectivity index (χ2n) is 6.47. The van der Waals surface area contributed by atoms with Gasteiger partial charge in [0, 0.05) is 44.5 Å². The van der Waals surface area contributed by atoms with Crippen molar-refractivity contribution in [2.45, 2.75) is 32.9 Å². The van der Waals surface area contributed by atoms with Crippen LogP contribution in [0.15, 0.2) is 23.0 Å². The molecule has 1 unspecified atom stereocenters.